The third-order valence-electron chi connectivity index (χ3n) is 5.50. The van der Waals surface area contributed by atoms with Crippen molar-refractivity contribution in [2.75, 3.05) is 10.6 Å². The molecular weight excluding hydrogens is 424 g/mol. The molecular formula is C25H29ClN4O2. The van der Waals surface area contributed by atoms with Gasteiger partial charge in [0, 0.05) is 17.8 Å². The van der Waals surface area contributed by atoms with E-state index in [2.05, 4.69) is 22.7 Å². The number of halogens is 1. The van der Waals surface area contributed by atoms with Crippen LogP contribution in [-0.4, -0.2) is 21.6 Å². The second-order valence-corrected chi connectivity index (χ2v) is 8.41. The van der Waals surface area contributed by atoms with E-state index < -0.39 is 6.04 Å². The van der Waals surface area contributed by atoms with Gasteiger partial charge in [0.25, 0.3) is 0 Å². The number of aromatic nitrogens is 2. The first-order valence-corrected chi connectivity index (χ1v) is 11.1. The van der Waals surface area contributed by atoms with E-state index in [1.165, 1.54) is 0 Å². The summed E-state index contributed by atoms with van der Waals surface area (Å²) in [5.74, 6) is -0.142. The summed E-state index contributed by atoms with van der Waals surface area (Å²) >= 11 is 6.38. The first kappa shape index (κ1) is 23.5. The van der Waals surface area contributed by atoms with E-state index in [1.54, 1.807) is 29.8 Å². The molecule has 2 atom stereocenters. The van der Waals surface area contributed by atoms with Crippen LogP contribution in [0.25, 0.3) is 0 Å². The lowest BCUT2D eigenvalue weighted by Gasteiger charge is -2.17. The van der Waals surface area contributed by atoms with Crippen LogP contribution in [0.3, 0.4) is 0 Å². The van der Waals surface area contributed by atoms with E-state index in [9.17, 15) is 9.59 Å². The summed E-state index contributed by atoms with van der Waals surface area (Å²) in [6.45, 7) is 7.66. The van der Waals surface area contributed by atoms with Crippen LogP contribution in [0.1, 0.15) is 55.6 Å². The van der Waals surface area contributed by atoms with Gasteiger partial charge < -0.3 is 10.6 Å². The normalized spacial score (nSPS) is 12.8. The number of hydrogen-bond donors (Lipinski definition) is 2. The molecule has 2 N–H and O–H groups in total. The minimum atomic E-state index is -0.483. The largest absolute Gasteiger partial charge is 0.326 e. The number of carbonyl (C=O) groups excluding carboxylic acids is 2. The van der Waals surface area contributed by atoms with Gasteiger partial charge in [0.1, 0.15) is 6.04 Å². The zero-order valence-electron chi connectivity index (χ0n) is 18.9. The first-order valence-electron chi connectivity index (χ1n) is 10.8. The van der Waals surface area contributed by atoms with E-state index in [0.29, 0.717) is 22.8 Å². The molecule has 6 nitrogen and oxygen atoms in total. The molecule has 1 aromatic heterocycles. The van der Waals surface area contributed by atoms with Crippen molar-refractivity contribution in [3.63, 3.8) is 0 Å². The highest BCUT2D eigenvalue weighted by Crippen LogP contribution is 2.28. The predicted octanol–water partition coefficient (Wildman–Crippen LogP) is 5.88. The number of nitrogens with zero attached hydrogens (tertiary/aromatic N) is 2. The van der Waals surface area contributed by atoms with Gasteiger partial charge in [-0.2, -0.15) is 5.10 Å². The fraction of sp³-hybridized carbons (Fsp3) is 0.320. The average molecular weight is 453 g/mol. The maximum atomic E-state index is 12.7. The van der Waals surface area contributed by atoms with Gasteiger partial charge >= 0.3 is 0 Å². The van der Waals surface area contributed by atoms with Crippen LogP contribution in [0.2, 0.25) is 5.02 Å². The van der Waals surface area contributed by atoms with Gasteiger partial charge in [-0.05, 0) is 62.9 Å². The second kappa shape index (κ2) is 10.5. The van der Waals surface area contributed by atoms with Crippen molar-refractivity contribution in [3.05, 3.63) is 76.6 Å². The van der Waals surface area contributed by atoms with E-state index in [0.717, 1.165) is 23.4 Å². The van der Waals surface area contributed by atoms with Gasteiger partial charge in [0.05, 0.1) is 16.4 Å². The molecule has 3 aromatic rings. The molecule has 0 saturated heterocycles. The van der Waals surface area contributed by atoms with Crippen LogP contribution in [0.15, 0.2) is 54.6 Å². The fourth-order valence-corrected chi connectivity index (χ4v) is 3.97. The Kier molecular flexibility index (Phi) is 7.70. The van der Waals surface area contributed by atoms with E-state index in [4.69, 9.17) is 11.6 Å². The Labute approximate surface area is 194 Å². The summed E-state index contributed by atoms with van der Waals surface area (Å²) < 4.78 is 1.68. The molecule has 0 radical (unpaired) electrons. The van der Waals surface area contributed by atoms with Crippen molar-refractivity contribution in [1.82, 2.24) is 9.78 Å². The molecule has 0 aliphatic carbocycles. The molecule has 3 rings (SSSR count). The highest BCUT2D eigenvalue weighted by atomic mass is 35.5. The van der Waals surface area contributed by atoms with Gasteiger partial charge in [-0.25, -0.2) is 0 Å². The van der Waals surface area contributed by atoms with Crippen molar-refractivity contribution >= 4 is 34.8 Å². The summed E-state index contributed by atoms with van der Waals surface area (Å²) in [6, 6.07) is 16.5. The van der Waals surface area contributed by atoms with Crippen LogP contribution < -0.4 is 10.6 Å². The Hall–Kier alpha value is -3.12. The average Bonchev–Trinajstić information content (AvgIpc) is 3.11. The molecule has 0 aliphatic rings. The monoisotopic (exact) mass is 452 g/mol. The van der Waals surface area contributed by atoms with E-state index >= 15 is 0 Å². The van der Waals surface area contributed by atoms with E-state index in [-0.39, 0.29) is 17.7 Å². The van der Waals surface area contributed by atoms with Crippen molar-refractivity contribution < 1.29 is 9.59 Å². The Morgan fingerprint density at radius 2 is 1.78 bits per heavy atom. The van der Waals surface area contributed by atoms with Gasteiger partial charge in [-0.15, -0.1) is 0 Å². The molecule has 2 aromatic carbocycles. The number of rotatable bonds is 8. The number of aryl methyl sites for hydroxylation is 2. The predicted molar refractivity (Wildman–Crippen MR) is 129 cm³/mol. The lowest BCUT2D eigenvalue weighted by Crippen LogP contribution is -2.25. The van der Waals surface area contributed by atoms with Crippen molar-refractivity contribution in [3.8, 4) is 0 Å². The zero-order chi connectivity index (χ0) is 23.3. The number of carbonyl (C=O) groups is 2. The van der Waals surface area contributed by atoms with Crippen molar-refractivity contribution in [2.24, 2.45) is 0 Å². The molecule has 32 heavy (non-hydrogen) atoms. The zero-order valence-corrected chi connectivity index (χ0v) is 19.6. The lowest BCUT2D eigenvalue weighted by atomic mass is 9.93. The minimum absolute atomic E-state index is 0.0771. The van der Waals surface area contributed by atoms with Crippen LogP contribution in [0.4, 0.5) is 11.4 Å². The van der Waals surface area contributed by atoms with E-state index in [1.807, 2.05) is 50.2 Å². The minimum Gasteiger partial charge on any atom is -0.326 e. The molecule has 0 saturated carbocycles. The molecule has 0 bridgehead atoms. The molecule has 0 aliphatic heterocycles. The molecule has 2 unspecified atom stereocenters. The highest BCUT2D eigenvalue weighted by Gasteiger charge is 2.19. The number of amides is 2. The maximum absolute atomic E-state index is 12.7. The Balaban J connectivity index is 1.62. The number of hydrogen-bond acceptors (Lipinski definition) is 3. The third-order valence-corrected chi connectivity index (χ3v) is 5.81. The van der Waals surface area contributed by atoms with Crippen molar-refractivity contribution in [1.29, 1.82) is 0 Å². The highest BCUT2D eigenvalue weighted by molar-refractivity contribution is 6.34. The van der Waals surface area contributed by atoms with Gasteiger partial charge in [0.15, 0.2) is 0 Å². The SMILES string of the molecule is CCC(CC(=O)Nc1ccc(NC(=O)C(C)n2nc(C)cc2C)c(Cl)c1)c1ccccc1. The molecule has 168 valence electrons. The third kappa shape index (κ3) is 5.77. The number of anilines is 2. The summed E-state index contributed by atoms with van der Waals surface area (Å²) in [5.41, 5.74) is 4.00. The summed E-state index contributed by atoms with van der Waals surface area (Å²) in [4.78, 5) is 25.3. The molecule has 7 heteroatoms. The topological polar surface area (TPSA) is 76.0 Å². The Morgan fingerprint density at radius 1 is 1.06 bits per heavy atom. The molecule has 0 spiro atoms. The number of nitrogens with one attached hydrogen (secondary N) is 2. The summed E-state index contributed by atoms with van der Waals surface area (Å²) in [6.07, 6.45) is 1.26. The van der Waals surface area contributed by atoms with Gasteiger partial charge in [0.2, 0.25) is 11.8 Å². The second-order valence-electron chi connectivity index (χ2n) is 8.00. The Morgan fingerprint density at radius 3 is 2.38 bits per heavy atom. The maximum Gasteiger partial charge on any atom is 0.248 e. The number of benzene rings is 2. The molecule has 0 fully saturated rings. The molecule has 1 heterocycles. The van der Waals surface area contributed by atoms with Crippen molar-refractivity contribution in [2.45, 2.75) is 52.5 Å². The van der Waals surface area contributed by atoms with Crippen LogP contribution in [0, 0.1) is 13.8 Å². The van der Waals surface area contributed by atoms with Crippen LogP contribution >= 0.6 is 11.6 Å². The summed E-state index contributed by atoms with van der Waals surface area (Å²) in [5, 5.41) is 10.5. The standard InChI is InChI=1S/C25H29ClN4O2/c1-5-19(20-9-7-6-8-10-20)14-24(31)27-21-11-12-23(22(26)15-21)28-25(32)18(4)30-17(3)13-16(2)29-30/h6-13,15,18-19H,5,14H2,1-4H3,(H,27,31)(H,28,32). The summed E-state index contributed by atoms with van der Waals surface area (Å²) in [7, 11) is 0. The molecule has 2 amide bonds. The van der Waals surface area contributed by atoms with Gasteiger partial charge in [-0.1, -0.05) is 48.9 Å². The quantitative estimate of drug-likeness (QED) is 0.448. The fourth-order valence-electron chi connectivity index (χ4n) is 3.74. The lowest BCUT2D eigenvalue weighted by molar-refractivity contribution is -0.119. The van der Waals surface area contributed by atoms with Crippen LogP contribution in [-0.2, 0) is 9.59 Å². The smallest absolute Gasteiger partial charge is 0.248 e. The van der Waals surface area contributed by atoms with Crippen LogP contribution in [0.5, 0.6) is 0 Å². The Bertz CT molecular complexity index is 1090. The van der Waals surface area contributed by atoms with Gasteiger partial charge in [-0.3, -0.25) is 14.3 Å². The first-order chi connectivity index (χ1) is 15.3.